The molecule has 5 unspecified atom stereocenters. The van der Waals surface area contributed by atoms with Crippen LogP contribution in [-0.2, 0) is 0 Å². The molecule has 0 nitrogen and oxygen atoms in total. The fraction of sp³-hybridized carbons (Fsp3) is 0.625. The number of rotatable bonds is 0. The van der Waals surface area contributed by atoms with Crippen molar-refractivity contribution in [1.82, 2.24) is 0 Å². The van der Waals surface area contributed by atoms with Crippen LogP contribution in [0.25, 0.3) is 0 Å². The average molecular weight is 433 g/mol. The molecular formula is C32H48. The summed E-state index contributed by atoms with van der Waals surface area (Å²) in [7, 11) is 0. The second-order valence-electron chi connectivity index (χ2n) is 11.6. The molecule has 0 spiro atoms. The third-order valence-electron chi connectivity index (χ3n) is 9.73. The number of benzene rings is 1. The van der Waals surface area contributed by atoms with Gasteiger partial charge in [0.15, 0.2) is 0 Å². The lowest BCUT2D eigenvalue weighted by Gasteiger charge is -2.58. The first kappa shape index (κ1) is 25.1. The van der Waals surface area contributed by atoms with Crippen LogP contribution < -0.4 is 0 Å². The molecule has 1 aromatic carbocycles. The molecule has 5 rings (SSSR count). The first-order valence-corrected chi connectivity index (χ1v) is 13.1. The molecule has 2 fully saturated rings. The van der Waals surface area contributed by atoms with Gasteiger partial charge < -0.3 is 0 Å². The van der Waals surface area contributed by atoms with E-state index in [9.17, 15) is 0 Å². The van der Waals surface area contributed by atoms with Gasteiger partial charge in [0.25, 0.3) is 0 Å². The van der Waals surface area contributed by atoms with Crippen molar-refractivity contribution in [2.75, 3.05) is 0 Å². The molecule has 0 bridgehead atoms. The Morgan fingerprint density at radius 2 is 1.50 bits per heavy atom. The summed E-state index contributed by atoms with van der Waals surface area (Å²) in [5.74, 6) is 3.75. The predicted molar refractivity (Wildman–Crippen MR) is 142 cm³/mol. The van der Waals surface area contributed by atoms with Crippen LogP contribution in [0.1, 0.15) is 90.7 Å². The SMILES string of the molecule is C=CC.CC1=CCC2C3CCC4=C[C@H](C)CCC4(C)C3CCC12C.Cc1ccccc1C. The number of fused-ring (bicyclic) bond motifs is 5. The predicted octanol–water partition coefficient (Wildman–Crippen LogP) is 9.64. The lowest BCUT2D eigenvalue weighted by molar-refractivity contribution is -0.0301. The highest BCUT2D eigenvalue weighted by atomic mass is 14.6. The minimum Gasteiger partial charge on any atom is -0.103 e. The Bertz CT molecular complexity index is 834. The molecule has 32 heavy (non-hydrogen) atoms. The van der Waals surface area contributed by atoms with Crippen LogP contribution in [0.3, 0.4) is 0 Å². The van der Waals surface area contributed by atoms with E-state index in [1.165, 1.54) is 56.1 Å². The standard InChI is InChI=1S/C21H32.C8H10.C3H6/c1-14-9-11-21(4)16(13-14)6-7-17-18-8-5-15(2)20(18,3)12-10-19(17)21;1-7-5-3-4-6-8(7)2;1-3-2/h5,13-14,17-19H,6-12H2,1-4H3;3-6H,1-2H3;3H,1H2,2H3/t14-,17?,18?,19?,20?,21?;;/m1../s1. The molecule has 0 heteroatoms. The summed E-state index contributed by atoms with van der Waals surface area (Å²) < 4.78 is 0. The number of hydrogen-bond acceptors (Lipinski definition) is 0. The van der Waals surface area contributed by atoms with E-state index >= 15 is 0 Å². The maximum absolute atomic E-state index is 3.36. The molecule has 0 amide bonds. The summed E-state index contributed by atoms with van der Waals surface area (Å²) in [6.07, 6.45) is 17.0. The van der Waals surface area contributed by atoms with Gasteiger partial charge >= 0.3 is 0 Å². The van der Waals surface area contributed by atoms with E-state index < -0.39 is 0 Å². The number of aryl methyl sites for hydroxylation is 2. The fourth-order valence-corrected chi connectivity index (χ4v) is 7.35. The molecule has 0 saturated heterocycles. The normalized spacial score (nSPS) is 37.1. The first-order chi connectivity index (χ1) is 15.2. The van der Waals surface area contributed by atoms with Gasteiger partial charge in [-0.1, -0.05) is 74.4 Å². The Morgan fingerprint density at radius 1 is 0.906 bits per heavy atom. The Morgan fingerprint density at radius 3 is 2.09 bits per heavy atom. The van der Waals surface area contributed by atoms with Crippen molar-refractivity contribution < 1.29 is 0 Å². The van der Waals surface area contributed by atoms with Gasteiger partial charge in [-0.3, -0.25) is 0 Å². The molecule has 0 heterocycles. The van der Waals surface area contributed by atoms with Crippen molar-refractivity contribution in [2.45, 2.75) is 93.4 Å². The molecule has 1 aromatic rings. The van der Waals surface area contributed by atoms with Crippen LogP contribution >= 0.6 is 0 Å². The first-order valence-electron chi connectivity index (χ1n) is 13.1. The van der Waals surface area contributed by atoms with Gasteiger partial charge in [0.1, 0.15) is 0 Å². The largest absolute Gasteiger partial charge is 0.103 e. The van der Waals surface area contributed by atoms with Gasteiger partial charge in [0.05, 0.1) is 0 Å². The highest BCUT2D eigenvalue weighted by Gasteiger charge is 2.56. The topological polar surface area (TPSA) is 0 Å². The van der Waals surface area contributed by atoms with Crippen LogP contribution in [0.2, 0.25) is 0 Å². The van der Waals surface area contributed by atoms with Crippen molar-refractivity contribution in [3.63, 3.8) is 0 Å². The highest BCUT2D eigenvalue weighted by Crippen LogP contribution is 2.65. The van der Waals surface area contributed by atoms with Gasteiger partial charge in [-0.2, -0.15) is 0 Å². The van der Waals surface area contributed by atoms with E-state index in [2.05, 4.69) is 84.5 Å². The minimum atomic E-state index is 0.542. The molecule has 2 saturated carbocycles. The quantitative estimate of drug-likeness (QED) is 0.358. The molecule has 176 valence electrons. The molecule has 0 radical (unpaired) electrons. The number of allylic oxidation sites excluding steroid dienone is 5. The van der Waals surface area contributed by atoms with Gasteiger partial charge in [-0.15, -0.1) is 6.58 Å². The number of hydrogen-bond donors (Lipinski definition) is 0. The summed E-state index contributed by atoms with van der Waals surface area (Å²) in [5, 5.41) is 0. The highest BCUT2D eigenvalue weighted by molar-refractivity contribution is 5.28. The van der Waals surface area contributed by atoms with Crippen LogP contribution in [0, 0.1) is 48.3 Å². The minimum absolute atomic E-state index is 0.542. The van der Waals surface area contributed by atoms with Crippen molar-refractivity contribution in [3.8, 4) is 0 Å². The smallest absolute Gasteiger partial charge is 0.00851 e. The van der Waals surface area contributed by atoms with E-state index in [0.717, 1.165) is 23.7 Å². The van der Waals surface area contributed by atoms with E-state index in [1.54, 1.807) is 11.6 Å². The molecule has 0 aliphatic heterocycles. The van der Waals surface area contributed by atoms with Crippen molar-refractivity contribution >= 4 is 0 Å². The zero-order valence-electron chi connectivity index (χ0n) is 22.0. The molecule has 6 atom stereocenters. The van der Waals surface area contributed by atoms with E-state index in [0.29, 0.717) is 10.8 Å². The van der Waals surface area contributed by atoms with Crippen molar-refractivity contribution in [3.05, 3.63) is 71.3 Å². The molecule has 0 N–H and O–H groups in total. The van der Waals surface area contributed by atoms with E-state index in [4.69, 9.17) is 0 Å². The van der Waals surface area contributed by atoms with Crippen LogP contribution in [-0.4, -0.2) is 0 Å². The Hall–Kier alpha value is -1.56. The maximum atomic E-state index is 3.36. The third kappa shape index (κ3) is 4.71. The van der Waals surface area contributed by atoms with Crippen molar-refractivity contribution in [2.24, 2.45) is 34.5 Å². The summed E-state index contributed by atoms with van der Waals surface area (Å²) in [4.78, 5) is 0. The Kier molecular flexibility index (Phi) is 7.95. The van der Waals surface area contributed by atoms with Gasteiger partial charge in [0.2, 0.25) is 0 Å². The maximum Gasteiger partial charge on any atom is -0.00851 e. The lowest BCUT2D eigenvalue weighted by Crippen LogP contribution is -2.49. The molecule has 4 aliphatic carbocycles. The molecular weight excluding hydrogens is 384 g/mol. The second-order valence-corrected chi connectivity index (χ2v) is 11.6. The summed E-state index contributed by atoms with van der Waals surface area (Å²) in [6, 6.07) is 8.36. The summed E-state index contributed by atoms with van der Waals surface area (Å²) in [6.45, 7) is 19.5. The average Bonchev–Trinajstić information content (AvgIpc) is 3.07. The van der Waals surface area contributed by atoms with Crippen LogP contribution in [0.15, 0.2) is 60.2 Å². The van der Waals surface area contributed by atoms with Gasteiger partial charge in [-0.25, -0.2) is 0 Å². The van der Waals surface area contributed by atoms with Crippen molar-refractivity contribution in [1.29, 1.82) is 0 Å². The van der Waals surface area contributed by atoms with E-state index in [-0.39, 0.29) is 0 Å². The fourth-order valence-electron chi connectivity index (χ4n) is 7.35. The second kappa shape index (κ2) is 10.1. The summed E-state index contributed by atoms with van der Waals surface area (Å²) in [5.41, 5.74) is 7.37. The zero-order valence-corrected chi connectivity index (χ0v) is 22.0. The summed E-state index contributed by atoms with van der Waals surface area (Å²) >= 11 is 0. The van der Waals surface area contributed by atoms with Crippen LogP contribution in [0.4, 0.5) is 0 Å². The molecule has 0 aromatic heterocycles. The zero-order chi connectivity index (χ0) is 23.5. The van der Waals surface area contributed by atoms with E-state index in [1.807, 2.05) is 12.5 Å². The van der Waals surface area contributed by atoms with Crippen LogP contribution in [0.5, 0.6) is 0 Å². The van der Waals surface area contributed by atoms with Gasteiger partial charge in [0, 0.05) is 0 Å². The Balaban J connectivity index is 0.000000220. The molecule has 4 aliphatic rings. The third-order valence-corrected chi connectivity index (χ3v) is 9.73. The lowest BCUT2D eigenvalue weighted by atomic mass is 9.46. The van der Waals surface area contributed by atoms with Gasteiger partial charge in [-0.05, 0) is 118 Å². The monoisotopic (exact) mass is 432 g/mol. The Labute approximate surface area is 199 Å².